The van der Waals surface area contributed by atoms with Gasteiger partial charge in [0.15, 0.2) is 4.96 Å². The number of rotatable bonds is 4. The molecule has 1 aromatic carbocycles. The van der Waals surface area contributed by atoms with Gasteiger partial charge in [-0.25, -0.2) is 9.37 Å². The second-order valence-corrected chi connectivity index (χ2v) is 5.68. The molecule has 3 aromatic rings. The fraction of sp³-hybridized carbons (Fsp3) is 0.200. The average Bonchev–Trinajstić information content (AvgIpc) is 3.10. The first kappa shape index (κ1) is 14.7. The van der Waals surface area contributed by atoms with Crippen molar-refractivity contribution in [3.05, 3.63) is 47.4 Å². The monoisotopic (exact) mass is 319 g/mol. The normalized spacial score (nSPS) is 12.5. The third kappa shape index (κ3) is 2.60. The van der Waals surface area contributed by atoms with Gasteiger partial charge >= 0.3 is 5.97 Å². The van der Waals surface area contributed by atoms with Crippen LogP contribution < -0.4 is 5.73 Å². The van der Waals surface area contributed by atoms with Crippen molar-refractivity contribution in [2.24, 2.45) is 5.73 Å². The predicted octanol–water partition coefficient (Wildman–Crippen LogP) is 2.24. The van der Waals surface area contributed by atoms with Gasteiger partial charge in [0.25, 0.3) is 0 Å². The molecule has 0 aliphatic heterocycles. The highest BCUT2D eigenvalue weighted by Gasteiger charge is 2.21. The van der Waals surface area contributed by atoms with E-state index in [0.717, 1.165) is 16.2 Å². The van der Waals surface area contributed by atoms with E-state index >= 15 is 0 Å². The molecule has 0 amide bonds. The molecule has 2 heterocycles. The first-order valence-corrected chi connectivity index (χ1v) is 7.52. The minimum atomic E-state index is -0.774. The van der Waals surface area contributed by atoms with Gasteiger partial charge in [0.1, 0.15) is 11.9 Å². The summed E-state index contributed by atoms with van der Waals surface area (Å²) >= 11 is 1.48. The number of halogens is 1. The summed E-state index contributed by atoms with van der Waals surface area (Å²) in [5, 5.41) is 1.91. The van der Waals surface area contributed by atoms with E-state index in [2.05, 4.69) is 9.72 Å². The van der Waals surface area contributed by atoms with Crippen molar-refractivity contribution in [1.82, 2.24) is 9.38 Å². The third-order valence-corrected chi connectivity index (χ3v) is 4.15. The number of methoxy groups -OCH3 is 1. The Morgan fingerprint density at radius 3 is 2.86 bits per heavy atom. The molecule has 0 radical (unpaired) electrons. The summed E-state index contributed by atoms with van der Waals surface area (Å²) in [6.45, 7) is 0. The summed E-state index contributed by atoms with van der Waals surface area (Å²) in [5.41, 5.74) is 8.17. The van der Waals surface area contributed by atoms with Gasteiger partial charge in [-0.1, -0.05) is 0 Å². The number of hydrogen-bond donors (Lipinski definition) is 1. The number of nitrogens with two attached hydrogens (primary N) is 1. The zero-order valence-corrected chi connectivity index (χ0v) is 12.6. The number of thiazole rings is 1. The number of benzene rings is 1. The van der Waals surface area contributed by atoms with Gasteiger partial charge in [0.2, 0.25) is 0 Å². The van der Waals surface area contributed by atoms with Gasteiger partial charge in [0, 0.05) is 23.6 Å². The van der Waals surface area contributed by atoms with Crippen molar-refractivity contribution < 1.29 is 13.9 Å². The summed E-state index contributed by atoms with van der Waals surface area (Å²) in [6.07, 6.45) is 2.16. The van der Waals surface area contributed by atoms with Crippen molar-refractivity contribution in [2.75, 3.05) is 7.11 Å². The van der Waals surface area contributed by atoms with Crippen LogP contribution in [0.15, 0.2) is 35.8 Å². The van der Waals surface area contributed by atoms with Gasteiger partial charge in [-0.3, -0.25) is 9.20 Å². The summed E-state index contributed by atoms with van der Waals surface area (Å²) in [4.78, 5) is 16.9. The molecular formula is C15H14FN3O2S. The summed E-state index contributed by atoms with van der Waals surface area (Å²) in [6, 6.07) is 5.31. The van der Waals surface area contributed by atoms with Crippen LogP contribution in [0, 0.1) is 5.82 Å². The highest BCUT2D eigenvalue weighted by Crippen LogP contribution is 2.27. The maximum atomic E-state index is 13.1. The summed E-state index contributed by atoms with van der Waals surface area (Å²) in [5.74, 6) is -0.784. The van der Waals surface area contributed by atoms with Crippen LogP contribution in [0.2, 0.25) is 0 Å². The molecule has 0 aliphatic carbocycles. The molecule has 1 atom stereocenters. The molecule has 0 aliphatic rings. The lowest BCUT2D eigenvalue weighted by Crippen LogP contribution is -2.34. The maximum absolute atomic E-state index is 13.1. The zero-order valence-electron chi connectivity index (χ0n) is 11.8. The van der Waals surface area contributed by atoms with Crippen molar-refractivity contribution >= 4 is 22.3 Å². The molecule has 0 spiro atoms. The Balaban J connectivity index is 2.06. The fourth-order valence-electron chi connectivity index (χ4n) is 2.31. The number of ether oxygens (including phenoxy) is 1. The molecule has 0 saturated heterocycles. The van der Waals surface area contributed by atoms with Gasteiger partial charge in [-0.15, -0.1) is 11.3 Å². The second kappa shape index (κ2) is 5.86. The van der Waals surface area contributed by atoms with Gasteiger partial charge in [-0.2, -0.15) is 0 Å². The smallest absolute Gasteiger partial charge is 0.323 e. The highest BCUT2D eigenvalue weighted by molar-refractivity contribution is 7.15. The van der Waals surface area contributed by atoms with Gasteiger partial charge < -0.3 is 10.5 Å². The Labute approximate surface area is 130 Å². The van der Waals surface area contributed by atoms with E-state index in [1.165, 1.54) is 30.6 Å². The molecule has 2 aromatic heterocycles. The molecule has 22 heavy (non-hydrogen) atoms. The van der Waals surface area contributed by atoms with E-state index in [1.54, 1.807) is 12.1 Å². The first-order valence-electron chi connectivity index (χ1n) is 6.64. The fourth-order valence-corrected chi connectivity index (χ4v) is 3.04. The maximum Gasteiger partial charge on any atom is 0.323 e. The van der Waals surface area contributed by atoms with Crippen LogP contribution in [-0.4, -0.2) is 28.5 Å². The molecule has 7 heteroatoms. The zero-order chi connectivity index (χ0) is 15.7. The number of hydrogen-bond acceptors (Lipinski definition) is 5. The second-order valence-electron chi connectivity index (χ2n) is 4.80. The standard InChI is InChI=1S/C15H14FN3O2S/c1-21-14(20)11(17)8-12-13(9-2-4-10(16)5-3-9)18-15-19(12)6-7-22-15/h2-7,11H,8,17H2,1H3. The van der Waals surface area contributed by atoms with Crippen molar-refractivity contribution in [2.45, 2.75) is 12.5 Å². The van der Waals surface area contributed by atoms with E-state index in [9.17, 15) is 9.18 Å². The quantitative estimate of drug-likeness (QED) is 0.749. The number of carbonyl (C=O) groups is 1. The third-order valence-electron chi connectivity index (χ3n) is 3.40. The lowest BCUT2D eigenvalue weighted by atomic mass is 10.1. The van der Waals surface area contributed by atoms with Crippen LogP contribution in [0.25, 0.3) is 16.2 Å². The van der Waals surface area contributed by atoms with Crippen LogP contribution in [0.5, 0.6) is 0 Å². The van der Waals surface area contributed by atoms with Crippen LogP contribution in [0.3, 0.4) is 0 Å². The number of fused-ring (bicyclic) bond motifs is 1. The van der Waals surface area contributed by atoms with Crippen LogP contribution >= 0.6 is 11.3 Å². The van der Waals surface area contributed by atoms with Crippen molar-refractivity contribution in [3.63, 3.8) is 0 Å². The lowest BCUT2D eigenvalue weighted by molar-refractivity contribution is -0.142. The molecule has 114 valence electrons. The topological polar surface area (TPSA) is 69.6 Å². The number of carbonyl (C=O) groups excluding carboxylic acids is 1. The minimum Gasteiger partial charge on any atom is -0.468 e. The number of esters is 1. The van der Waals surface area contributed by atoms with E-state index in [1.807, 2.05) is 16.0 Å². The first-order chi connectivity index (χ1) is 10.6. The van der Waals surface area contributed by atoms with Crippen molar-refractivity contribution in [3.8, 4) is 11.3 Å². The Kier molecular flexibility index (Phi) is 3.91. The lowest BCUT2D eigenvalue weighted by Gasteiger charge is -2.10. The largest absolute Gasteiger partial charge is 0.468 e. The average molecular weight is 319 g/mol. The van der Waals surface area contributed by atoms with Gasteiger partial charge in [-0.05, 0) is 24.3 Å². The number of imidazole rings is 1. The minimum absolute atomic E-state index is 0.289. The van der Waals surface area contributed by atoms with Crippen molar-refractivity contribution in [1.29, 1.82) is 0 Å². The van der Waals surface area contributed by atoms with Crippen LogP contribution in [0.1, 0.15) is 5.69 Å². The predicted molar refractivity (Wildman–Crippen MR) is 82.2 cm³/mol. The number of nitrogens with zero attached hydrogens (tertiary/aromatic N) is 2. The van der Waals surface area contributed by atoms with Crippen LogP contribution in [-0.2, 0) is 16.0 Å². The van der Waals surface area contributed by atoms with Crippen LogP contribution in [0.4, 0.5) is 4.39 Å². The summed E-state index contributed by atoms with van der Waals surface area (Å²) in [7, 11) is 1.31. The Morgan fingerprint density at radius 1 is 1.45 bits per heavy atom. The molecule has 0 fully saturated rings. The number of aromatic nitrogens is 2. The highest BCUT2D eigenvalue weighted by atomic mass is 32.1. The molecule has 3 rings (SSSR count). The SMILES string of the molecule is COC(=O)C(N)Cc1c(-c2ccc(F)cc2)nc2sccn12. The van der Waals surface area contributed by atoms with E-state index in [4.69, 9.17) is 5.73 Å². The Hall–Kier alpha value is -2.25. The summed E-state index contributed by atoms with van der Waals surface area (Å²) < 4.78 is 19.7. The Bertz CT molecular complexity index is 810. The molecule has 0 bridgehead atoms. The molecule has 2 N–H and O–H groups in total. The molecule has 0 saturated carbocycles. The van der Waals surface area contributed by atoms with E-state index < -0.39 is 12.0 Å². The van der Waals surface area contributed by atoms with E-state index in [0.29, 0.717) is 5.69 Å². The molecule has 1 unspecified atom stereocenters. The van der Waals surface area contributed by atoms with E-state index in [-0.39, 0.29) is 12.2 Å². The molecular weight excluding hydrogens is 305 g/mol. The molecule has 5 nitrogen and oxygen atoms in total. The Morgan fingerprint density at radius 2 is 2.18 bits per heavy atom. The van der Waals surface area contributed by atoms with Gasteiger partial charge in [0.05, 0.1) is 18.5 Å².